The van der Waals surface area contributed by atoms with Gasteiger partial charge in [0.2, 0.25) is 5.91 Å². The smallest absolute Gasteiger partial charge is 0.238 e. The standard InChI is InChI=1S/C12H24N2O3S/c1-10(2)14(12(15)9-18(3,16)17)8-11-6-4-5-7-13-11/h10-11,13H,4-9H2,1-3H3. The van der Waals surface area contributed by atoms with Crippen molar-refractivity contribution < 1.29 is 13.2 Å². The molecule has 0 spiro atoms. The maximum Gasteiger partial charge on any atom is 0.238 e. The van der Waals surface area contributed by atoms with E-state index in [1.54, 1.807) is 4.90 Å². The minimum atomic E-state index is -3.25. The maximum atomic E-state index is 12.0. The van der Waals surface area contributed by atoms with E-state index in [1.165, 1.54) is 12.8 Å². The minimum Gasteiger partial charge on any atom is -0.338 e. The molecular weight excluding hydrogens is 252 g/mol. The number of sulfone groups is 1. The summed E-state index contributed by atoms with van der Waals surface area (Å²) in [7, 11) is -3.25. The van der Waals surface area contributed by atoms with Crippen molar-refractivity contribution in [2.24, 2.45) is 0 Å². The summed E-state index contributed by atoms with van der Waals surface area (Å²) < 4.78 is 22.4. The van der Waals surface area contributed by atoms with Gasteiger partial charge in [-0.05, 0) is 33.2 Å². The summed E-state index contributed by atoms with van der Waals surface area (Å²) >= 11 is 0. The lowest BCUT2D eigenvalue weighted by Crippen LogP contribution is -2.49. The van der Waals surface area contributed by atoms with Crippen LogP contribution in [0.25, 0.3) is 0 Å². The third kappa shape index (κ3) is 5.35. The van der Waals surface area contributed by atoms with Gasteiger partial charge in [-0.25, -0.2) is 8.42 Å². The average molecular weight is 276 g/mol. The van der Waals surface area contributed by atoms with E-state index in [0.717, 1.165) is 19.2 Å². The van der Waals surface area contributed by atoms with E-state index in [9.17, 15) is 13.2 Å². The summed E-state index contributed by atoms with van der Waals surface area (Å²) in [5, 5.41) is 3.38. The van der Waals surface area contributed by atoms with Gasteiger partial charge in [-0.15, -0.1) is 0 Å². The number of amides is 1. The fourth-order valence-corrected chi connectivity index (χ4v) is 2.84. The van der Waals surface area contributed by atoms with Gasteiger partial charge in [0.25, 0.3) is 0 Å². The Morgan fingerprint density at radius 3 is 2.50 bits per heavy atom. The summed E-state index contributed by atoms with van der Waals surface area (Å²) in [6.45, 7) is 5.43. The van der Waals surface area contributed by atoms with Crippen molar-refractivity contribution in [1.29, 1.82) is 0 Å². The van der Waals surface area contributed by atoms with Crippen LogP contribution < -0.4 is 5.32 Å². The second-order valence-electron chi connectivity index (χ2n) is 5.36. The van der Waals surface area contributed by atoms with Gasteiger partial charge in [0.05, 0.1) is 0 Å². The normalized spacial score (nSPS) is 21.0. The number of carbonyl (C=O) groups excluding carboxylic acids is 1. The molecule has 1 saturated heterocycles. The molecule has 1 aliphatic rings. The van der Waals surface area contributed by atoms with Crippen molar-refractivity contribution in [1.82, 2.24) is 10.2 Å². The third-order valence-corrected chi connectivity index (χ3v) is 3.93. The monoisotopic (exact) mass is 276 g/mol. The summed E-state index contributed by atoms with van der Waals surface area (Å²) in [4.78, 5) is 13.7. The average Bonchev–Trinajstić information content (AvgIpc) is 2.24. The molecule has 106 valence electrons. The molecule has 1 unspecified atom stereocenters. The van der Waals surface area contributed by atoms with E-state index in [1.807, 2.05) is 13.8 Å². The molecular formula is C12H24N2O3S. The molecule has 18 heavy (non-hydrogen) atoms. The predicted octanol–water partition coefficient (Wildman–Crippen LogP) is 0.410. The number of nitrogens with zero attached hydrogens (tertiary/aromatic N) is 1. The molecule has 1 heterocycles. The van der Waals surface area contributed by atoms with E-state index in [0.29, 0.717) is 12.6 Å². The van der Waals surface area contributed by atoms with Crippen molar-refractivity contribution in [3.05, 3.63) is 0 Å². The molecule has 1 rings (SSSR count). The summed E-state index contributed by atoms with van der Waals surface area (Å²) in [5.41, 5.74) is 0. The first-order valence-corrected chi connectivity index (χ1v) is 8.56. The quantitative estimate of drug-likeness (QED) is 0.790. The molecule has 0 aromatic carbocycles. The lowest BCUT2D eigenvalue weighted by atomic mass is 10.0. The largest absolute Gasteiger partial charge is 0.338 e. The molecule has 0 radical (unpaired) electrons. The van der Waals surface area contributed by atoms with Crippen LogP contribution in [0.15, 0.2) is 0 Å². The van der Waals surface area contributed by atoms with E-state index in [-0.39, 0.29) is 11.9 Å². The fraction of sp³-hybridized carbons (Fsp3) is 0.917. The Kier molecular flexibility index (Phi) is 5.59. The van der Waals surface area contributed by atoms with Crippen molar-refractivity contribution in [3.8, 4) is 0 Å². The lowest BCUT2D eigenvalue weighted by Gasteiger charge is -2.33. The van der Waals surface area contributed by atoms with Gasteiger partial charge in [0, 0.05) is 24.9 Å². The van der Waals surface area contributed by atoms with Gasteiger partial charge in [0.1, 0.15) is 5.75 Å². The molecule has 1 N–H and O–H groups in total. The number of hydrogen-bond acceptors (Lipinski definition) is 4. The highest BCUT2D eigenvalue weighted by atomic mass is 32.2. The summed E-state index contributed by atoms with van der Waals surface area (Å²) in [6, 6.07) is 0.327. The second-order valence-corrected chi connectivity index (χ2v) is 7.50. The Morgan fingerprint density at radius 1 is 1.39 bits per heavy atom. The van der Waals surface area contributed by atoms with Crippen LogP contribution in [0.3, 0.4) is 0 Å². The van der Waals surface area contributed by atoms with Crippen molar-refractivity contribution in [2.75, 3.05) is 25.1 Å². The zero-order valence-corrected chi connectivity index (χ0v) is 12.3. The highest BCUT2D eigenvalue weighted by molar-refractivity contribution is 7.91. The summed E-state index contributed by atoms with van der Waals surface area (Å²) in [5.74, 6) is -0.683. The van der Waals surface area contributed by atoms with Crippen LogP contribution in [-0.2, 0) is 14.6 Å². The molecule has 0 aliphatic carbocycles. The van der Waals surface area contributed by atoms with Gasteiger partial charge in [-0.3, -0.25) is 4.79 Å². The number of nitrogens with one attached hydrogen (secondary N) is 1. The van der Waals surface area contributed by atoms with Crippen LogP contribution in [0.5, 0.6) is 0 Å². The second kappa shape index (κ2) is 6.52. The van der Waals surface area contributed by atoms with Crippen molar-refractivity contribution in [3.63, 3.8) is 0 Å². The van der Waals surface area contributed by atoms with E-state index in [4.69, 9.17) is 0 Å². The number of rotatable bonds is 5. The zero-order valence-electron chi connectivity index (χ0n) is 11.5. The number of carbonyl (C=O) groups is 1. The van der Waals surface area contributed by atoms with Gasteiger partial charge >= 0.3 is 0 Å². The predicted molar refractivity (Wildman–Crippen MR) is 72.2 cm³/mol. The van der Waals surface area contributed by atoms with Crippen LogP contribution in [-0.4, -0.2) is 56.4 Å². The Morgan fingerprint density at radius 2 is 2.06 bits per heavy atom. The molecule has 1 aliphatic heterocycles. The Bertz CT molecular complexity index is 373. The van der Waals surface area contributed by atoms with Crippen LogP contribution in [0, 0.1) is 0 Å². The molecule has 5 nitrogen and oxygen atoms in total. The molecule has 0 saturated carbocycles. The molecule has 0 aromatic heterocycles. The SMILES string of the molecule is CC(C)N(CC1CCCCN1)C(=O)CS(C)(=O)=O. The van der Waals surface area contributed by atoms with E-state index >= 15 is 0 Å². The highest BCUT2D eigenvalue weighted by Gasteiger charge is 2.24. The van der Waals surface area contributed by atoms with Crippen molar-refractivity contribution >= 4 is 15.7 Å². The number of piperidine rings is 1. The van der Waals surface area contributed by atoms with Gasteiger partial charge < -0.3 is 10.2 Å². The first-order valence-electron chi connectivity index (χ1n) is 6.50. The Labute approximate surface area is 110 Å². The molecule has 1 atom stereocenters. The van der Waals surface area contributed by atoms with E-state index < -0.39 is 15.6 Å². The van der Waals surface area contributed by atoms with Gasteiger partial charge in [-0.2, -0.15) is 0 Å². The molecule has 0 bridgehead atoms. The fourth-order valence-electron chi connectivity index (χ4n) is 2.23. The molecule has 6 heteroatoms. The Balaban J connectivity index is 2.61. The zero-order chi connectivity index (χ0) is 13.8. The third-order valence-electron chi connectivity index (χ3n) is 3.16. The minimum absolute atomic E-state index is 0.0305. The van der Waals surface area contributed by atoms with Crippen LogP contribution in [0.4, 0.5) is 0 Å². The highest BCUT2D eigenvalue weighted by Crippen LogP contribution is 2.11. The first-order chi connectivity index (χ1) is 8.29. The maximum absolute atomic E-state index is 12.0. The van der Waals surface area contributed by atoms with Gasteiger partial charge in [0.15, 0.2) is 9.84 Å². The molecule has 0 aromatic rings. The molecule has 1 amide bonds. The molecule has 1 fully saturated rings. The topological polar surface area (TPSA) is 66.5 Å². The van der Waals surface area contributed by atoms with E-state index in [2.05, 4.69) is 5.32 Å². The van der Waals surface area contributed by atoms with Crippen molar-refractivity contribution in [2.45, 2.75) is 45.2 Å². The lowest BCUT2D eigenvalue weighted by molar-refractivity contribution is -0.130. The first kappa shape index (κ1) is 15.4. The van der Waals surface area contributed by atoms with Gasteiger partial charge in [-0.1, -0.05) is 6.42 Å². The van der Waals surface area contributed by atoms with Crippen LogP contribution in [0.1, 0.15) is 33.1 Å². The summed E-state index contributed by atoms with van der Waals surface area (Å²) in [6.07, 6.45) is 4.50. The van der Waals surface area contributed by atoms with Crippen LogP contribution >= 0.6 is 0 Å². The Hall–Kier alpha value is -0.620. The number of hydrogen-bond donors (Lipinski definition) is 1. The van der Waals surface area contributed by atoms with Crippen LogP contribution in [0.2, 0.25) is 0 Å².